The smallest absolute Gasteiger partial charge is 0.310 e. The van der Waals surface area contributed by atoms with Crippen LogP contribution in [-0.4, -0.2) is 44.9 Å². The lowest BCUT2D eigenvalue weighted by Gasteiger charge is -2.31. The van der Waals surface area contributed by atoms with Gasteiger partial charge in [-0.25, -0.2) is 4.68 Å². The van der Waals surface area contributed by atoms with Crippen LogP contribution in [0.4, 0.5) is 0 Å². The van der Waals surface area contributed by atoms with Crippen LogP contribution in [0.15, 0.2) is 36.7 Å². The number of esters is 1. The van der Waals surface area contributed by atoms with Crippen LogP contribution in [0.1, 0.15) is 38.3 Å². The first-order chi connectivity index (χ1) is 12.6. The van der Waals surface area contributed by atoms with Gasteiger partial charge in [-0.3, -0.25) is 14.3 Å². The topological polar surface area (TPSA) is 52.3 Å². The predicted molar refractivity (Wildman–Crippen MR) is 102 cm³/mol. The first-order valence-corrected chi connectivity index (χ1v) is 9.59. The van der Waals surface area contributed by atoms with Gasteiger partial charge in [0.1, 0.15) is 6.33 Å². The second-order valence-electron chi connectivity index (χ2n) is 6.72. The van der Waals surface area contributed by atoms with Gasteiger partial charge in [-0.15, -0.1) is 0 Å². The number of carbonyl (C=O) groups excluding carboxylic acids is 1. The first kappa shape index (κ1) is 18.8. The van der Waals surface area contributed by atoms with Crippen molar-refractivity contribution in [1.82, 2.24) is 19.2 Å². The van der Waals surface area contributed by atoms with Crippen molar-refractivity contribution in [2.45, 2.75) is 39.4 Å². The van der Waals surface area contributed by atoms with Gasteiger partial charge in [0.25, 0.3) is 0 Å². The molecule has 0 bridgehead atoms. The summed E-state index contributed by atoms with van der Waals surface area (Å²) in [5.41, 5.74) is 1.20. The third kappa shape index (κ3) is 4.22. The lowest BCUT2D eigenvalue weighted by atomic mass is 9.99. The molecule has 1 aromatic heterocycles. The zero-order valence-corrected chi connectivity index (χ0v) is 16.2. The van der Waals surface area contributed by atoms with E-state index in [0.29, 0.717) is 24.6 Å². The van der Waals surface area contributed by atoms with Gasteiger partial charge < -0.3 is 4.74 Å². The maximum absolute atomic E-state index is 12.0. The summed E-state index contributed by atoms with van der Waals surface area (Å²) in [6, 6.07) is 10.4. The van der Waals surface area contributed by atoms with Crippen LogP contribution in [0, 0.1) is 10.7 Å². The van der Waals surface area contributed by atoms with E-state index >= 15 is 0 Å². The molecule has 1 saturated heterocycles. The molecule has 0 amide bonds. The molecule has 0 unspecified atom stereocenters. The lowest BCUT2D eigenvalue weighted by molar-refractivity contribution is -0.150. The van der Waals surface area contributed by atoms with E-state index in [4.69, 9.17) is 17.0 Å². The molecule has 0 aliphatic carbocycles. The highest BCUT2D eigenvalue weighted by molar-refractivity contribution is 7.71. The summed E-state index contributed by atoms with van der Waals surface area (Å²) in [5, 5.41) is 4.48. The summed E-state index contributed by atoms with van der Waals surface area (Å²) in [6.07, 6.45) is 3.67. The zero-order valence-electron chi connectivity index (χ0n) is 15.4. The normalized spacial score (nSPS) is 19.2. The standard InChI is InChI=1S/C19H26N4O2S/c1-3-25-18(24)17-10-7-11-21(12-17)14-23-19(26)22(13-20-23)15(2)16-8-5-4-6-9-16/h4-6,8-9,13,15,17H,3,7,10-12,14H2,1-2H3/t15-,17-/m1/s1. The number of carbonyl (C=O) groups is 1. The quantitative estimate of drug-likeness (QED) is 0.574. The fourth-order valence-corrected chi connectivity index (χ4v) is 3.74. The maximum atomic E-state index is 12.0. The Bertz CT molecular complexity index is 786. The van der Waals surface area contributed by atoms with Crippen molar-refractivity contribution in [3.63, 3.8) is 0 Å². The average molecular weight is 375 g/mol. The number of hydrogen-bond acceptors (Lipinski definition) is 5. The van der Waals surface area contributed by atoms with E-state index in [1.807, 2.05) is 34.4 Å². The van der Waals surface area contributed by atoms with Crippen molar-refractivity contribution in [1.29, 1.82) is 0 Å². The Kier molecular flexibility index (Phi) is 6.21. The molecular formula is C19H26N4O2S. The van der Waals surface area contributed by atoms with Crippen LogP contribution in [-0.2, 0) is 16.2 Å². The number of likely N-dealkylation sites (tertiary alicyclic amines) is 1. The highest BCUT2D eigenvalue weighted by Crippen LogP contribution is 2.20. The van der Waals surface area contributed by atoms with Crippen LogP contribution in [0.5, 0.6) is 0 Å². The monoisotopic (exact) mass is 374 g/mol. The zero-order chi connectivity index (χ0) is 18.5. The van der Waals surface area contributed by atoms with E-state index in [0.717, 1.165) is 19.4 Å². The number of aromatic nitrogens is 3. The molecule has 2 atom stereocenters. The van der Waals surface area contributed by atoms with Crippen LogP contribution in [0.25, 0.3) is 0 Å². The van der Waals surface area contributed by atoms with Gasteiger partial charge in [-0.05, 0) is 51.0 Å². The van der Waals surface area contributed by atoms with Gasteiger partial charge in [-0.2, -0.15) is 5.10 Å². The van der Waals surface area contributed by atoms with Crippen LogP contribution < -0.4 is 0 Å². The Labute approximate surface area is 159 Å². The second kappa shape index (κ2) is 8.60. The number of rotatable bonds is 6. The summed E-state index contributed by atoms with van der Waals surface area (Å²) in [5.74, 6) is -0.146. The molecule has 26 heavy (non-hydrogen) atoms. The Morgan fingerprint density at radius 2 is 2.15 bits per heavy atom. The van der Waals surface area contributed by atoms with Crippen molar-refractivity contribution in [3.8, 4) is 0 Å². The predicted octanol–water partition coefficient (Wildman–Crippen LogP) is 3.26. The molecule has 0 spiro atoms. The van der Waals surface area contributed by atoms with E-state index in [9.17, 15) is 4.79 Å². The van der Waals surface area contributed by atoms with E-state index < -0.39 is 0 Å². The first-order valence-electron chi connectivity index (χ1n) is 9.18. The molecule has 6 nitrogen and oxygen atoms in total. The largest absolute Gasteiger partial charge is 0.466 e. The number of piperidine rings is 1. The summed E-state index contributed by atoms with van der Waals surface area (Å²) < 4.78 is 9.72. The molecule has 2 aromatic rings. The number of ether oxygens (including phenoxy) is 1. The van der Waals surface area contributed by atoms with Crippen LogP contribution in [0.2, 0.25) is 0 Å². The molecule has 0 N–H and O–H groups in total. The number of hydrogen-bond donors (Lipinski definition) is 0. The summed E-state index contributed by atoms with van der Waals surface area (Å²) in [6.45, 7) is 6.64. The second-order valence-corrected chi connectivity index (χ2v) is 7.08. The molecule has 1 aliphatic rings. The Hall–Kier alpha value is -1.99. The molecule has 1 aliphatic heterocycles. The van der Waals surface area contributed by atoms with Crippen LogP contribution >= 0.6 is 12.2 Å². The average Bonchev–Trinajstić information content (AvgIpc) is 3.03. The van der Waals surface area contributed by atoms with Gasteiger partial charge in [0.05, 0.1) is 25.2 Å². The fraction of sp³-hybridized carbons (Fsp3) is 0.526. The maximum Gasteiger partial charge on any atom is 0.310 e. The van der Waals surface area contributed by atoms with Gasteiger partial charge >= 0.3 is 5.97 Å². The highest BCUT2D eigenvalue weighted by atomic mass is 32.1. The minimum Gasteiger partial charge on any atom is -0.466 e. The molecule has 7 heteroatoms. The lowest BCUT2D eigenvalue weighted by Crippen LogP contribution is -2.40. The van der Waals surface area contributed by atoms with Crippen molar-refractivity contribution in [2.24, 2.45) is 5.92 Å². The highest BCUT2D eigenvalue weighted by Gasteiger charge is 2.27. The van der Waals surface area contributed by atoms with E-state index in [1.54, 1.807) is 6.33 Å². The van der Waals surface area contributed by atoms with E-state index in [2.05, 4.69) is 29.1 Å². The third-order valence-electron chi connectivity index (χ3n) is 4.92. The molecule has 1 fully saturated rings. The Balaban J connectivity index is 1.68. The van der Waals surface area contributed by atoms with Crippen molar-refractivity contribution < 1.29 is 9.53 Å². The summed E-state index contributed by atoms with van der Waals surface area (Å²) in [7, 11) is 0. The van der Waals surface area contributed by atoms with Crippen molar-refractivity contribution in [2.75, 3.05) is 19.7 Å². The van der Waals surface area contributed by atoms with E-state index in [1.165, 1.54) is 5.56 Å². The molecular weight excluding hydrogens is 348 g/mol. The Morgan fingerprint density at radius 1 is 1.38 bits per heavy atom. The molecule has 140 valence electrons. The minimum atomic E-state index is -0.0935. The molecule has 2 heterocycles. The molecule has 0 radical (unpaired) electrons. The van der Waals surface area contributed by atoms with Gasteiger partial charge in [0.2, 0.25) is 0 Å². The van der Waals surface area contributed by atoms with Crippen molar-refractivity contribution >= 4 is 18.2 Å². The van der Waals surface area contributed by atoms with E-state index in [-0.39, 0.29) is 17.9 Å². The minimum absolute atomic E-state index is 0.0526. The SMILES string of the molecule is CCOC(=O)[C@@H]1CCCN(Cn2ncn([C@H](C)c3ccccc3)c2=S)C1. The Morgan fingerprint density at radius 3 is 2.88 bits per heavy atom. The van der Waals surface area contributed by atoms with Gasteiger partial charge in [0, 0.05) is 6.54 Å². The van der Waals surface area contributed by atoms with Gasteiger partial charge in [-0.1, -0.05) is 30.3 Å². The number of benzene rings is 1. The van der Waals surface area contributed by atoms with Crippen molar-refractivity contribution in [3.05, 3.63) is 47.0 Å². The summed E-state index contributed by atoms with van der Waals surface area (Å²) in [4.78, 5) is 14.2. The number of nitrogens with zero attached hydrogens (tertiary/aromatic N) is 4. The summed E-state index contributed by atoms with van der Waals surface area (Å²) >= 11 is 5.64. The third-order valence-corrected chi connectivity index (χ3v) is 5.34. The molecule has 0 saturated carbocycles. The van der Waals surface area contributed by atoms with Crippen LogP contribution in [0.3, 0.4) is 0 Å². The molecule has 3 rings (SSSR count). The fourth-order valence-electron chi connectivity index (χ4n) is 3.43. The molecule has 1 aromatic carbocycles. The van der Waals surface area contributed by atoms with Gasteiger partial charge in [0.15, 0.2) is 4.77 Å².